The fourth-order valence-corrected chi connectivity index (χ4v) is 3.50. The molecule has 1 aliphatic heterocycles. The van der Waals surface area contributed by atoms with Crippen LogP contribution in [0.2, 0.25) is 0 Å². The molecule has 0 saturated carbocycles. The smallest absolute Gasteiger partial charge is 0.283 e. The number of ether oxygens (including phenoxy) is 1. The predicted octanol–water partition coefficient (Wildman–Crippen LogP) is 4.97. The van der Waals surface area contributed by atoms with Crippen molar-refractivity contribution in [1.82, 2.24) is 10.3 Å². The molecule has 166 valence electrons. The Kier molecular flexibility index (Phi) is 6.64. The molecule has 0 bridgehead atoms. The number of carbonyl (C=O) groups is 1. The van der Waals surface area contributed by atoms with E-state index >= 15 is 0 Å². The van der Waals surface area contributed by atoms with Crippen molar-refractivity contribution in [3.63, 3.8) is 0 Å². The number of rotatable bonds is 6. The third kappa shape index (κ3) is 5.01. The number of methoxy groups -OCH3 is 1. The fraction of sp³-hybridized carbons (Fsp3) is 0.148. The molecule has 6 nitrogen and oxygen atoms in total. The Bertz CT molecular complexity index is 1230. The van der Waals surface area contributed by atoms with Crippen LogP contribution in [-0.4, -0.2) is 29.6 Å². The number of para-hydroxylation sites is 1. The normalized spacial score (nSPS) is 15.1. The lowest BCUT2D eigenvalue weighted by Gasteiger charge is -2.11. The van der Waals surface area contributed by atoms with Crippen LogP contribution >= 0.6 is 0 Å². The molecule has 0 radical (unpaired) electrons. The van der Waals surface area contributed by atoms with E-state index in [0.29, 0.717) is 23.7 Å². The molecule has 1 amide bonds. The highest BCUT2D eigenvalue weighted by Crippen LogP contribution is 2.23. The van der Waals surface area contributed by atoms with Crippen LogP contribution in [0.5, 0.6) is 5.75 Å². The lowest BCUT2D eigenvalue weighted by Crippen LogP contribution is -2.27. The van der Waals surface area contributed by atoms with E-state index in [1.165, 1.54) is 5.01 Å². The van der Waals surface area contributed by atoms with Crippen molar-refractivity contribution in [2.75, 3.05) is 7.11 Å². The van der Waals surface area contributed by atoms with Crippen molar-refractivity contribution < 1.29 is 9.53 Å². The van der Waals surface area contributed by atoms with Gasteiger partial charge in [0.25, 0.3) is 5.91 Å². The lowest BCUT2D eigenvalue weighted by molar-refractivity contribution is -0.122. The Hall–Kier alpha value is -4.19. The summed E-state index contributed by atoms with van der Waals surface area (Å²) in [6, 6.07) is 25.3. The molecule has 0 aromatic heterocycles. The standard InChI is InChI=1S/C27H26N4O2/c1-19-9-7-8-12-25(19)29-20(2)31-27(32)24(26(30-31)22-10-5-4-6-11-22)18-28-17-21-13-15-23(33-3)16-14-21/h4-16,18,28H,17H2,1-3H3/b24-18+,29-20+. The molecule has 1 N–H and O–H groups in total. The minimum atomic E-state index is -0.217. The zero-order chi connectivity index (χ0) is 23.2. The highest BCUT2D eigenvalue weighted by atomic mass is 16.5. The third-order valence-electron chi connectivity index (χ3n) is 5.34. The van der Waals surface area contributed by atoms with Crippen LogP contribution in [0.4, 0.5) is 5.69 Å². The molecule has 33 heavy (non-hydrogen) atoms. The third-order valence-corrected chi connectivity index (χ3v) is 5.34. The minimum Gasteiger partial charge on any atom is -0.497 e. The average molecular weight is 439 g/mol. The van der Waals surface area contributed by atoms with E-state index in [9.17, 15) is 4.79 Å². The van der Waals surface area contributed by atoms with E-state index in [1.54, 1.807) is 20.2 Å². The van der Waals surface area contributed by atoms with Crippen molar-refractivity contribution in [2.45, 2.75) is 20.4 Å². The molecule has 4 rings (SSSR count). The molecule has 3 aromatic rings. The van der Waals surface area contributed by atoms with Gasteiger partial charge in [-0.05, 0) is 43.2 Å². The quantitative estimate of drug-likeness (QED) is 0.336. The zero-order valence-corrected chi connectivity index (χ0v) is 18.9. The predicted molar refractivity (Wildman–Crippen MR) is 132 cm³/mol. The molecule has 0 unspecified atom stereocenters. The van der Waals surface area contributed by atoms with Crippen LogP contribution in [0.3, 0.4) is 0 Å². The summed E-state index contributed by atoms with van der Waals surface area (Å²) >= 11 is 0. The molecule has 1 heterocycles. The number of aryl methyl sites for hydroxylation is 1. The van der Waals surface area contributed by atoms with Crippen LogP contribution in [0.25, 0.3) is 0 Å². The summed E-state index contributed by atoms with van der Waals surface area (Å²) in [5.41, 5.74) is 4.90. The molecule has 0 atom stereocenters. The first kappa shape index (κ1) is 22.0. The second-order valence-corrected chi connectivity index (χ2v) is 7.66. The highest BCUT2D eigenvalue weighted by molar-refractivity contribution is 6.33. The molecule has 0 spiro atoms. The lowest BCUT2D eigenvalue weighted by atomic mass is 10.0. The maximum atomic E-state index is 13.3. The maximum Gasteiger partial charge on any atom is 0.283 e. The second kappa shape index (κ2) is 9.96. The summed E-state index contributed by atoms with van der Waals surface area (Å²) in [4.78, 5) is 18.0. The summed E-state index contributed by atoms with van der Waals surface area (Å²) in [6.07, 6.45) is 1.74. The summed E-state index contributed by atoms with van der Waals surface area (Å²) < 4.78 is 5.21. The van der Waals surface area contributed by atoms with Gasteiger partial charge in [-0.25, -0.2) is 4.99 Å². The first-order valence-electron chi connectivity index (χ1n) is 10.7. The molecule has 0 aliphatic carbocycles. The van der Waals surface area contributed by atoms with Gasteiger partial charge in [0.2, 0.25) is 0 Å². The molecule has 3 aromatic carbocycles. The van der Waals surface area contributed by atoms with E-state index in [4.69, 9.17) is 4.74 Å². The molecule has 0 fully saturated rings. The maximum absolute atomic E-state index is 13.3. The Morgan fingerprint density at radius 2 is 1.73 bits per heavy atom. The average Bonchev–Trinajstić information content (AvgIpc) is 3.18. The molecule has 1 aliphatic rings. The highest BCUT2D eigenvalue weighted by Gasteiger charge is 2.32. The van der Waals surface area contributed by atoms with Gasteiger partial charge in [-0.2, -0.15) is 10.1 Å². The zero-order valence-electron chi connectivity index (χ0n) is 18.9. The van der Waals surface area contributed by atoms with Crippen LogP contribution in [0, 0.1) is 6.92 Å². The van der Waals surface area contributed by atoms with Crippen molar-refractivity contribution >= 4 is 23.1 Å². The molecule has 0 saturated heterocycles. The number of hydrogen-bond donors (Lipinski definition) is 1. The van der Waals surface area contributed by atoms with Crippen molar-refractivity contribution in [3.05, 3.63) is 107 Å². The number of aliphatic imine (C=N–C) groups is 1. The first-order valence-corrected chi connectivity index (χ1v) is 10.7. The van der Waals surface area contributed by atoms with Gasteiger partial charge in [-0.3, -0.25) is 4.79 Å². The first-order chi connectivity index (χ1) is 16.1. The number of nitrogens with zero attached hydrogens (tertiary/aromatic N) is 3. The van der Waals surface area contributed by atoms with Crippen LogP contribution in [0.15, 0.2) is 101 Å². The number of benzene rings is 3. The fourth-order valence-electron chi connectivity index (χ4n) is 3.50. The van der Waals surface area contributed by atoms with Crippen LogP contribution in [-0.2, 0) is 11.3 Å². The summed E-state index contributed by atoms with van der Waals surface area (Å²) in [5, 5.41) is 9.27. The minimum absolute atomic E-state index is 0.217. The number of nitrogens with one attached hydrogen (secondary N) is 1. The van der Waals surface area contributed by atoms with Crippen molar-refractivity contribution in [2.24, 2.45) is 10.1 Å². The van der Waals surface area contributed by atoms with Crippen LogP contribution in [0.1, 0.15) is 23.6 Å². The monoisotopic (exact) mass is 438 g/mol. The number of amidine groups is 1. The van der Waals surface area contributed by atoms with E-state index in [-0.39, 0.29) is 5.91 Å². The van der Waals surface area contributed by atoms with E-state index in [0.717, 1.165) is 28.1 Å². The van der Waals surface area contributed by atoms with Gasteiger partial charge < -0.3 is 10.1 Å². The van der Waals surface area contributed by atoms with Gasteiger partial charge in [0.05, 0.1) is 18.4 Å². The summed E-state index contributed by atoms with van der Waals surface area (Å²) in [7, 11) is 1.64. The SMILES string of the molecule is COc1ccc(CN/C=C2/C(=O)N(/C(C)=N/c3ccccc3C)N=C2c2ccccc2)cc1. The van der Waals surface area contributed by atoms with Gasteiger partial charge >= 0.3 is 0 Å². The van der Waals surface area contributed by atoms with E-state index < -0.39 is 0 Å². The Morgan fingerprint density at radius 1 is 1.03 bits per heavy atom. The van der Waals surface area contributed by atoms with Crippen LogP contribution < -0.4 is 10.1 Å². The van der Waals surface area contributed by atoms with Gasteiger partial charge in [0.15, 0.2) is 0 Å². The molecular weight excluding hydrogens is 412 g/mol. The Morgan fingerprint density at radius 3 is 2.42 bits per heavy atom. The molecular formula is C27H26N4O2. The Balaban J connectivity index is 1.61. The van der Waals surface area contributed by atoms with Crippen molar-refractivity contribution in [3.8, 4) is 5.75 Å². The number of hydrogen-bond acceptors (Lipinski definition) is 5. The van der Waals surface area contributed by atoms with Gasteiger partial charge in [0.1, 0.15) is 17.3 Å². The largest absolute Gasteiger partial charge is 0.497 e. The van der Waals surface area contributed by atoms with Gasteiger partial charge in [-0.1, -0.05) is 60.7 Å². The van der Waals surface area contributed by atoms with E-state index in [1.807, 2.05) is 85.8 Å². The second-order valence-electron chi connectivity index (χ2n) is 7.66. The topological polar surface area (TPSA) is 66.3 Å². The van der Waals surface area contributed by atoms with Crippen molar-refractivity contribution in [1.29, 1.82) is 0 Å². The van der Waals surface area contributed by atoms with Gasteiger partial charge in [-0.15, -0.1) is 0 Å². The summed E-state index contributed by atoms with van der Waals surface area (Å²) in [6.45, 7) is 4.36. The number of amides is 1. The van der Waals surface area contributed by atoms with E-state index in [2.05, 4.69) is 15.4 Å². The number of hydrazone groups is 1. The van der Waals surface area contributed by atoms with Gasteiger partial charge in [0, 0.05) is 18.3 Å². The summed E-state index contributed by atoms with van der Waals surface area (Å²) in [5.74, 6) is 1.10. The molecule has 6 heteroatoms. The Labute approximate surface area is 193 Å². The number of carbonyl (C=O) groups excluding carboxylic acids is 1.